The average molecular weight is 358 g/mol. The minimum Gasteiger partial charge on any atom is -0.491 e. The van der Waals surface area contributed by atoms with Gasteiger partial charge >= 0.3 is 0 Å². The highest BCUT2D eigenvalue weighted by atomic mass is 16.5. The van der Waals surface area contributed by atoms with Crippen molar-refractivity contribution in [1.82, 2.24) is 10.2 Å². The smallest absolute Gasteiger partial charge is 0.124 e. The Morgan fingerprint density at radius 2 is 1.88 bits per heavy atom. The van der Waals surface area contributed by atoms with Crippen molar-refractivity contribution in [3.8, 4) is 5.75 Å². The van der Waals surface area contributed by atoms with Crippen LogP contribution in [0.1, 0.15) is 37.0 Å². The number of rotatable bonds is 8. The standard InChI is InChI=1S/C21H30N2O3/c1-16(2)25-20-7-5-4-6-18(20)14-22-15-19(21-9-8-17(3)26-21)23-10-12-24-13-11-23/h4-9,16,19,22H,10-15H2,1-3H3. The van der Waals surface area contributed by atoms with Crippen molar-refractivity contribution in [3.05, 3.63) is 53.5 Å². The summed E-state index contributed by atoms with van der Waals surface area (Å²) in [5, 5.41) is 3.60. The van der Waals surface area contributed by atoms with E-state index in [4.69, 9.17) is 13.9 Å². The van der Waals surface area contributed by atoms with Crippen LogP contribution >= 0.6 is 0 Å². The van der Waals surface area contributed by atoms with E-state index in [0.29, 0.717) is 0 Å². The molecule has 1 saturated heterocycles. The third-order valence-corrected chi connectivity index (χ3v) is 4.56. The molecule has 0 amide bonds. The van der Waals surface area contributed by atoms with Crippen molar-refractivity contribution in [3.63, 3.8) is 0 Å². The molecule has 2 heterocycles. The molecule has 0 spiro atoms. The Bertz CT molecular complexity index is 677. The van der Waals surface area contributed by atoms with Gasteiger partial charge in [-0.15, -0.1) is 0 Å². The molecule has 1 aromatic carbocycles. The van der Waals surface area contributed by atoms with Gasteiger partial charge in [0.05, 0.1) is 25.4 Å². The Morgan fingerprint density at radius 3 is 2.58 bits per heavy atom. The molecule has 1 N–H and O–H groups in total. The fourth-order valence-corrected chi connectivity index (χ4v) is 3.29. The molecule has 3 rings (SSSR count). The van der Waals surface area contributed by atoms with Gasteiger partial charge in [-0.25, -0.2) is 0 Å². The molecule has 1 unspecified atom stereocenters. The Labute approximate surface area is 156 Å². The molecule has 1 fully saturated rings. The van der Waals surface area contributed by atoms with Crippen molar-refractivity contribution < 1.29 is 13.9 Å². The first-order chi connectivity index (χ1) is 12.6. The number of hydrogen-bond donors (Lipinski definition) is 1. The van der Waals surface area contributed by atoms with Gasteiger partial charge < -0.3 is 19.2 Å². The van der Waals surface area contributed by atoms with Crippen LogP contribution in [0.3, 0.4) is 0 Å². The molecule has 1 aromatic heterocycles. The topological polar surface area (TPSA) is 46.9 Å². The van der Waals surface area contributed by atoms with Crippen LogP contribution in [-0.2, 0) is 11.3 Å². The molecule has 0 radical (unpaired) electrons. The molecular formula is C21H30N2O3. The van der Waals surface area contributed by atoms with Gasteiger partial charge in [0.2, 0.25) is 0 Å². The van der Waals surface area contributed by atoms with E-state index in [9.17, 15) is 0 Å². The summed E-state index contributed by atoms with van der Waals surface area (Å²) in [6.07, 6.45) is 0.170. The Morgan fingerprint density at radius 1 is 1.12 bits per heavy atom. The van der Waals surface area contributed by atoms with Crippen molar-refractivity contribution in [2.75, 3.05) is 32.8 Å². The van der Waals surface area contributed by atoms with E-state index >= 15 is 0 Å². The zero-order valence-corrected chi connectivity index (χ0v) is 16.0. The van der Waals surface area contributed by atoms with Crippen LogP contribution < -0.4 is 10.1 Å². The van der Waals surface area contributed by atoms with Crippen LogP contribution in [0.15, 0.2) is 40.8 Å². The summed E-state index contributed by atoms with van der Waals surface area (Å²) in [6, 6.07) is 12.6. The molecule has 2 aromatic rings. The number of para-hydroxylation sites is 1. The van der Waals surface area contributed by atoms with E-state index in [-0.39, 0.29) is 12.1 Å². The summed E-state index contributed by atoms with van der Waals surface area (Å²) in [5.74, 6) is 2.92. The summed E-state index contributed by atoms with van der Waals surface area (Å²) in [5.41, 5.74) is 1.18. The van der Waals surface area contributed by atoms with Crippen LogP contribution in [0, 0.1) is 6.92 Å². The minimum absolute atomic E-state index is 0.170. The maximum absolute atomic E-state index is 5.93. The molecule has 142 valence electrons. The maximum atomic E-state index is 5.93. The molecule has 0 bridgehead atoms. The minimum atomic E-state index is 0.170. The predicted octanol–water partition coefficient (Wildman–Crippen LogP) is 3.54. The van der Waals surface area contributed by atoms with Gasteiger partial charge in [0.1, 0.15) is 17.3 Å². The summed E-state index contributed by atoms with van der Waals surface area (Å²) in [7, 11) is 0. The molecule has 1 aliphatic rings. The molecular weight excluding hydrogens is 328 g/mol. The normalized spacial score (nSPS) is 16.8. The van der Waals surface area contributed by atoms with Crippen LogP contribution in [0.4, 0.5) is 0 Å². The van der Waals surface area contributed by atoms with Crippen molar-refractivity contribution >= 4 is 0 Å². The monoisotopic (exact) mass is 358 g/mol. The van der Waals surface area contributed by atoms with Gasteiger partial charge in [-0.3, -0.25) is 4.90 Å². The number of hydrogen-bond acceptors (Lipinski definition) is 5. The van der Waals surface area contributed by atoms with Crippen LogP contribution in [-0.4, -0.2) is 43.9 Å². The third kappa shape index (κ3) is 5.10. The Kier molecular flexibility index (Phi) is 6.72. The van der Waals surface area contributed by atoms with E-state index in [1.807, 2.05) is 25.1 Å². The molecule has 0 aliphatic carbocycles. The van der Waals surface area contributed by atoms with E-state index < -0.39 is 0 Å². The van der Waals surface area contributed by atoms with E-state index in [2.05, 4.69) is 42.3 Å². The van der Waals surface area contributed by atoms with E-state index in [1.54, 1.807) is 0 Å². The summed E-state index contributed by atoms with van der Waals surface area (Å²) in [6.45, 7) is 11.1. The van der Waals surface area contributed by atoms with Crippen LogP contribution in [0.5, 0.6) is 5.75 Å². The fraction of sp³-hybridized carbons (Fsp3) is 0.524. The lowest BCUT2D eigenvalue weighted by molar-refractivity contribution is 0.0115. The highest BCUT2D eigenvalue weighted by Crippen LogP contribution is 2.24. The first-order valence-corrected chi connectivity index (χ1v) is 9.47. The molecule has 26 heavy (non-hydrogen) atoms. The maximum Gasteiger partial charge on any atom is 0.124 e. The molecule has 5 nitrogen and oxygen atoms in total. The highest BCUT2D eigenvalue weighted by Gasteiger charge is 2.25. The number of furan rings is 1. The summed E-state index contributed by atoms with van der Waals surface area (Å²) < 4.78 is 17.4. The lowest BCUT2D eigenvalue weighted by atomic mass is 10.1. The second-order valence-electron chi connectivity index (χ2n) is 7.02. The number of ether oxygens (including phenoxy) is 2. The predicted molar refractivity (Wildman–Crippen MR) is 102 cm³/mol. The largest absolute Gasteiger partial charge is 0.491 e. The van der Waals surface area contributed by atoms with E-state index in [1.165, 1.54) is 5.56 Å². The molecule has 0 saturated carbocycles. The third-order valence-electron chi connectivity index (χ3n) is 4.56. The molecule has 5 heteroatoms. The zero-order chi connectivity index (χ0) is 18.4. The number of nitrogens with zero attached hydrogens (tertiary/aromatic N) is 1. The van der Waals surface area contributed by atoms with Crippen LogP contribution in [0.2, 0.25) is 0 Å². The summed E-state index contributed by atoms with van der Waals surface area (Å²) in [4.78, 5) is 2.44. The van der Waals surface area contributed by atoms with Crippen molar-refractivity contribution in [2.24, 2.45) is 0 Å². The number of nitrogens with one attached hydrogen (secondary N) is 1. The number of morpholine rings is 1. The highest BCUT2D eigenvalue weighted by molar-refractivity contribution is 5.33. The van der Waals surface area contributed by atoms with Gasteiger partial charge in [0.15, 0.2) is 0 Å². The Balaban J connectivity index is 1.65. The quantitative estimate of drug-likeness (QED) is 0.782. The van der Waals surface area contributed by atoms with Gasteiger partial charge in [0, 0.05) is 31.7 Å². The van der Waals surface area contributed by atoms with Gasteiger partial charge in [-0.1, -0.05) is 18.2 Å². The first kappa shape index (κ1) is 19.0. The van der Waals surface area contributed by atoms with Crippen molar-refractivity contribution in [1.29, 1.82) is 0 Å². The molecule has 1 aliphatic heterocycles. The lowest BCUT2D eigenvalue weighted by Crippen LogP contribution is -2.42. The van der Waals surface area contributed by atoms with Gasteiger partial charge in [-0.05, 0) is 39.0 Å². The second kappa shape index (κ2) is 9.21. The zero-order valence-electron chi connectivity index (χ0n) is 16.0. The number of aryl methyl sites for hydroxylation is 1. The number of benzene rings is 1. The van der Waals surface area contributed by atoms with Crippen molar-refractivity contribution in [2.45, 2.75) is 39.5 Å². The second-order valence-corrected chi connectivity index (χ2v) is 7.02. The van der Waals surface area contributed by atoms with E-state index in [0.717, 1.165) is 56.7 Å². The first-order valence-electron chi connectivity index (χ1n) is 9.47. The van der Waals surface area contributed by atoms with Gasteiger partial charge in [0.25, 0.3) is 0 Å². The van der Waals surface area contributed by atoms with Gasteiger partial charge in [-0.2, -0.15) is 0 Å². The average Bonchev–Trinajstić information content (AvgIpc) is 3.06. The Hall–Kier alpha value is -1.82. The summed E-state index contributed by atoms with van der Waals surface area (Å²) >= 11 is 0. The lowest BCUT2D eigenvalue weighted by Gasteiger charge is -2.33. The fourth-order valence-electron chi connectivity index (χ4n) is 3.29. The molecule has 1 atom stereocenters. The SMILES string of the molecule is Cc1ccc(C(CNCc2ccccc2OC(C)C)N2CCOCC2)o1. The van der Waals surface area contributed by atoms with Crippen LogP contribution in [0.25, 0.3) is 0 Å².